The number of likely N-dealkylation sites (N-methyl/N-ethyl adjacent to an activating group) is 1. The number of rotatable bonds is 7. The molecule has 128 valence electrons. The summed E-state index contributed by atoms with van der Waals surface area (Å²) in [5, 5.41) is 9.52. The highest BCUT2D eigenvalue weighted by Crippen LogP contribution is 2.19. The standard InChI is InChI=1S/C17H18ClNO5/c1-11-10-24-14(9-15(20)21)16(11)17(22)19(2)7-8-23-13-5-3-12(18)4-6-13/h3-6,10H,7-9H2,1-2H3,(H,20,21). The SMILES string of the molecule is Cc1coc(CC(=O)O)c1C(=O)N(C)CCOc1ccc(Cl)cc1. The van der Waals surface area contributed by atoms with Crippen LogP contribution in [-0.2, 0) is 11.2 Å². The molecular weight excluding hydrogens is 334 g/mol. The molecule has 0 spiro atoms. The quantitative estimate of drug-likeness (QED) is 0.829. The van der Waals surface area contributed by atoms with Crippen LogP contribution in [0.5, 0.6) is 5.75 Å². The second kappa shape index (κ2) is 7.88. The van der Waals surface area contributed by atoms with Crippen LogP contribution in [-0.4, -0.2) is 42.1 Å². The molecule has 1 heterocycles. The van der Waals surface area contributed by atoms with Crippen molar-refractivity contribution in [2.24, 2.45) is 0 Å². The molecule has 0 aliphatic heterocycles. The molecule has 0 saturated heterocycles. The fourth-order valence-electron chi connectivity index (χ4n) is 2.18. The van der Waals surface area contributed by atoms with Gasteiger partial charge in [-0.05, 0) is 31.2 Å². The Morgan fingerprint density at radius 2 is 1.96 bits per heavy atom. The van der Waals surface area contributed by atoms with Crippen LogP contribution in [0, 0.1) is 6.92 Å². The van der Waals surface area contributed by atoms with Gasteiger partial charge in [0.25, 0.3) is 5.91 Å². The van der Waals surface area contributed by atoms with Gasteiger partial charge in [0.2, 0.25) is 0 Å². The van der Waals surface area contributed by atoms with Gasteiger partial charge in [0.05, 0.1) is 18.4 Å². The van der Waals surface area contributed by atoms with Crippen molar-refractivity contribution in [3.05, 3.63) is 52.4 Å². The molecule has 1 N–H and O–H groups in total. The van der Waals surface area contributed by atoms with Crippen LogP contribution >= 0.6 is 11.6 Å². The van der Waals surface area contributed by atoms with Gasteiger partial charge in [-0.2, -0.15) is 0 Å². The van der Waals surface area contributed by atoms with Crippen LogP contribution in [0.2, 0.25) is 5.02 Å². The lowest BCUT2D eigenvalue weighted by Gasteiger charge is -2.18. The maximum atomic E-state index is 12.5. The third-order valence-electron chi connectivity index (χ3n) is 3.43. The largest absolute Gasteiger partial charge is 0.492 e. The zero-order valence-corrected chi connectivity index (χ0v) is 14.2. The highest BCUT2D eigenvalue weighted by atomic mass is 35.5. The number of carbonyl (C=O) groups excluding carboxylic acids is 1. The van der Waals surface area contributed by atoms with Gasteiger partial charge in [0, 0.05) is 17.6 Å². The Labute approximate surface area is 144 Å². The number of carboxylic acid groups (broad SMARTS) is 1. The summed E-state index contributed by atoms with van der Waals surface area (Å²) in [6.45, 7) is 2.35. The number of carboxylic acids is 1. The first-order chi connectivity index (χ1) is 11.4. The van der Waals surface area contributed by atoms with Crippen molar-refractivity contribution in [2.45, 2.75) is 13.3 Å². The van der Waals surface area contributed by atoms with Crippen LogP contribution < -0.4 is 4.74 Å². The Morgan fingerprint density at radius 3 is 2.58 bits per heavy atom. The van der Waals surface area contributed by atoms with Crippen molar-refractivity contribution >= 4 is 23.5 Å². The van der Waals surface area contributed by atoms with Crippen molar-refractivity contribution in [3.8, 4) is 5.75 Å². The first kappa shape index (κ1) is 17.9. The summed E-state index contributed by atoms with van der Waals surface area (Å²) in [4.78, 5) is 24.8. The van der Waals surface area contributed by atoms with E-state index in [9.17, 15) is 9.59 Å². The summed E-state index contributed by atoms with van der Waals surface area (Å²) in [5.41, 5.74) is 0.910. The number of furan rings is 1. The zero-order chi connectivity index (χ0) is 17.7. The molecule has 0 aliphatic carbocycles. The van der Waals surface area contributed by atoms with E-state index >= 15 is 0 Å². The van der Waals surface area contributed by atoms with Gasteiger partial charge in [-0.15, -0.1) is 0 Å². The Balaban J connectivity index is 1.96. The van der Waals surface area contributed by atoms with Crippen LogP contribution in [0.4, 0.5) is 0 Å². The molecule has 0 radical (unpaired) electrons. The normalized spacial score (nSPS) is 10.5. The summed E-state index contributed by atoms with van der Waals surface area (Å²) in [7, 11) is 1.63. The van der Waals surface area contributed by atoms with E-state index in [4.69, 9.17) is 25.9 Å². The minimum Gasteiger partial charge on any atom is -0.492 e. The molecule has 2 aromatic rings. The van der Waals surface area contributed by atoms with E-state index in [-0.39, 0.29) is 18.1 Å². The molecule has 0 unspecified atom stereocenters. The topological polar surface area (TPSA) is 80.0 Å². The van der Waals surface area contributed by atoms with Gasteiger partial charge < -0.3 is 19.2 Å². The average molecular weight is 352 g/mol. The predicted octanol–water partition coefficient (Wildman–Crippen LogP) is 3.02. The molecule has 0 aliphatic rings. The number of halogens is 1. The lowest BCUT2D eigenvalue weighted by Crippen LogP contribution is -2.31. The van der Waals surface area contributed by atoms with Gasteiger partial charge in [-0.1, -0.05) is 11.6 Å². The molecule has 0 fully saturated rings. The van der Waals surface area contributed by atoms with E-state index < -0.39 is 5.97 Å². The number of hydrogen-bond donors (Lipinski definition) is 1. The van der Waals surface area contributed by atoms with E-state index in [0.29, 0.717) is 35.1 Å². The molecule has 24 heavy (non-hydrogen) atoms. The van der Waals surface area contributed by atoms with Gasteiger partial charge in [-0.3, -0.25) is 9.59 Å². The van der Waals surface area contributed by atoms with Crippen LogP contribution in [0.1, 0.15) is 21.7 Å². The molecule has 6 nitrogen and oxygen atoms in total. The maximum absolute atomic E-state index is 12.5. The fraction of sp³-hybridized carbons (Fsp3) is 0.294. The summed E-state index contributed by atoms with van der Waals surface area (Å²) in [6, 6.07) is 6.93. The summed E-state index contributed by atoms with van der Waals surface area (Å²) in [6.07, 6.45) is 1.06. The predicted molar refractivity (Wildman–Crippen MR) is 88.7 cm³/mol. The number of aryl methyl sites for hydroxylation is 1. The second-order valence-corrected chi connectivity index (χ2v) is 5.75. The third-order valence-corrected chi connectivity index (χ3v) is 3.68. The number of benzene rings is 1. The second-order valence-electron chi connectivity index (χ2n) is 5.32. The Morgan fingerprint density at radius 1 is 1.29 bits per heavy atom. The molecular formula is C17H18ClNO5. The maximum Gasteiger partial charge on any atom is 0.311 e. The van der Waals surface area contributed by atoms with E-state index in [0.717, 1.165) is 0 Å². The summed E-state index contributed by atoms with van der Waals surface area (Å²) >= 11 is 5.80. The summed E-state index contributed by atoms with van der Waals surface area (Å²) < 4.78 is 10.7. The van der Waals surface area contributed by atoms with E-state index in [1.54, 1.807) is 38.2 Å². The molecule has 7 heteroatoms. The van der Waals surface area contributed by atoms with Gasteiger partial charge in [0.1, 0.15) is 24.5 Å². The van der Waals surface area contributed by atoms with Crippen molar-refractivity contribution in [1.82, 2.24) is 4.90 Å². The molecule has 1 aromatic heterocycles. The molecule has 1 aromatic carbocycles. The third kappa shape index (κ3) is 4.52. The monoisotopic (exact) mass is 351 g/mol. The van der Waals surface area contributed by atoms with E-state index in [1.807, 2.05) is 0 Å². The number of amides is 1. The molecule has 0 bridgehead atoms. The van der Waals surface area contributed by atoms with Crippen molar-refractivity contribution in [3.63, 3.8) is 0 Å². The zero-order valence-electron chi connectivity index (χ0n) is 13.4. The number of carbonyl (C=O) groups is 2. The number of ether oxygens (including phenoxy) is 1. The number of nitrogens with zero attached hydrogens (tertiary/aromatic N) is 1. The number of aliphatic carboxylic acids is 1. The van der Waals surface area contributed by atoms with Crippen molar-refractivity contribution < 1.29 is 23.8 Å². The molecule has 1 amide bonds. The highest BCUT2D eigenvalue weighted by molar-refractivity contribution is 6.30. The van der Waals surface area contributed by atoms with Crippen molar-refractivity contribution in [1.29, 1.82) is 0 Å². The van der Waals surface area contributed by atoms with Crippen LogP contribution in [0.25, 0.3) is 0 Å². The van der Waals surface area contributed by atoms with Crippen LogP contribution in [0.15, 0.2) is 34.9 Å². The van der Waals surface area contributed by atoms with Gasteiger partial charge in [-0.25, -0.2) is 0 Å². The first-order valence-corrected chi connectivity index (χ1v) is 7.69. The summed E-state index contributed by atoms with van der Waals surface area (Å²) in [5.74, 6) is -0.522. The minimum atomic E-state index is -1.05. The molecule has 2 rings (SSSR count). The minimum absolute atomic E-state index is 0.162. The van der Waals surface area contributed by atoms with Gasteiger partial charge in [0.15, 0.2) is 0 Å². The average Bonchev–Trinajstić information content (AvgIpc) is 2.88. The van der Waals surface area contributed by atoms with Gasteiger partial charge >= 0.3 is 5.97 Å². The number of hydrogen-bond acceptors (Lipinski definition) is 4. The van der Waals surface area contributed by atoms with Crippen LogP contribution in [0.3, 0.4) is 0 Å². The van der Waals surface area contributed by atoms with E-state index in [2.05, 4.69) is 0 Å². The fourth-order valence-corrected chi connectivity index (χ4v) is 2.30. The smallest absolute Gasteiger partial charge is 0.311 e. The van der Waals surface area contributed by atoms with Crippen molar-refractivity contribution in [2.75, 3.05) is 20.2 Å². The highest BCUT2D eigenvalue weighted by Gasteiger charge is 2.23. The molecule has 0 saturated carbocycles. The lowest BCUT2D eigenvalue weighted by atomic mass is 10.1. The Hall–Kier alpha value is -2.47. The Bertz CT molecular complexity index is 723. The van der Waals surface area contributed by atoms with E-state index in [1.165, 1.54) is 11.2 Å². The lowest BCUT2D eigenvalue weighted by molar-refractivity contribution is -0.136. The first-order valence-electron chi connectivity index (χ1n) is 7.31. The Kier molecular flexibility index (Phi) is 5.87. The molecule has 0 atom stereocenters.